The smallest absolute Gasteiger partial charge is 0.0969 e. The molecule has 2 aromatic heterocycles. The van der Waals surface area contributed by atoms with Gasteiger partial charge in [0.15, 0.2) is 0 Å². The van der Waals surface area contributed by atoms with Gasteiger partial charge in [0.25, 0.3) is 0 Å². The lowest BCUT2D eigenvalue weighted by atomic mass is 9.99. The van der Waals surface area contributed by atoms with E-state index in [0.29, 0.717) is 16.6 Å². The van der Waals surface area contributed by atoms with Crippen LogP contribution >= 0.6 is 23.2 Å². The third kappa shape index (κ3) is 7.94. The predicted octanol–water partition coefficient (Wildman–Crippen LogP) is 9.63. The molecular formula is C42H40Cl2N2O3. The number of rotatable bonds is 9. The number of aromatic nitrogens is 2. The molecular weight excluding hydrogens is 651 g/mol. The first-order valence-corrected chi connectivity index (χ1v) is 17.1. The molecule has 1 unspecified atom stereocenters. The second-order valence-corrected chi connectivity index (χ2v) is 13.4. The maximum atomic E-state index is 10.8. The second kappa shape index (κ2) is 15.5. The summed E-state index contributed by atoms with van der Waals surface area (Å²) in [6.07, 6.45) is 5.14. The Kier molecular flexibility index (Phi) is 10.9. The number of benzene rings is 5. The van der Waals surface area contributed by atoms with Crippen LogP contribution in [-0.4, -0.2) is 24.9 Å². The molecule has 0 spiro atoms. The molecule has 0 saturated carbocycles. The Hall–Kier alpha value is -4.36. The van der Waals surface area contributed by atoms with Crippen molar-refractivity contribution in [1.82, 2.24) is 9.55 Å². The zero-order valence-corrected chi connectivity index (χ0v) is 29.1. The Labute approximate surface area is 297 Å². The molecule has 0 amide bonds. The summed E-state index contributed by atoms with van der Waals surface area (Å²) in [7, 11) is 0. The van der Waals surface area contributed by atoms with E-state index in [-0.39, 0.29) is 13.2 Å². The predicted molar refractivity (Wildman–Crippen MR) is 201 cm³/mol. The number of nitrogens with zero attached hydrogens (tertiary/aromatic N) is 1. The van der Waals surface area contributed by atoms with Gasteiger partial charge >= 0.3 is 0 Å². The van der Waals surface area contributed by atoms with Gasteiger partial charge in [0.2, 0.25) is 0 Å². The Bertz CT molecular complexity index is 2220. The highest BCUT2D eigenvalue weighted by Gasteiger charge is 2.16. The molecule has 4 N–H and O–H groups in total. The van der Waals surface area contributed by atoms with E-state index in [4.69, 9.17) is 23.2 Å². The monoisotopic (exact) mass is 690 g/mol. The minimum atomic E-state index is -0.723. The molecule has 0 bridgehead atoms. The average Bonchev–Trinajstić information content (AvgIpc) is 3.67. The van der Waals surface area contributed by atoms with Gasteiger partial charge in [-0.05, 0) is 113 Å². The van der Waals surface area contributed by atoms with E-state index in [1.165, 1.54) is 33.2 Å². The molecule has 7 rings (SSSR count). The molecule has 0 fully saturated rings. The summed E-state index contributed by atoms with van der Waals surface area (Å²) < 4.78 is 2.07. The normalized spacial score (nSPS) is 11.9. The standard InChI is InChI=1S/C25H23Cl2NO2.C17H17NO/c1-16-4-2-3-5-18(16)11-20-13-28(24-9-6-17(15-29)10-21(20)24)14-25(30)19-7-8-22(26)23(27)12-19;1-12-4-2-3-5-14(12)9-15-10-18-17-7-6-13(11-19)8-16(15)17/h2-10,12-13,25,29-30H,11,14-15H2,1H3;2-8,10,18-19H,9,11H2,1H3. The molecule has 0 aliphatic rings. The molecule has 0 saturated heterocycles. The van der Waals surface area contributed by atoms with Gasteiger partial charge in [-0.2, -0.15) is 0 Å². The van der Waals surface area contributed by atoms with E-state index in [1.807, 2.05) is 36.4 Å². The number of fused-ring (bicyclic) bond motifs is 2. The average molecular weight is 692 g/mol. The molecule has 49 heavy (non-hydrogen) atoms. The molecule has 5 aromatic carbocycles. The first-order valence-electron chi connectivity index (χ1n) is 16.4. The summed E-state index contributed by atoms with van der Waals surface area (Å²) in [5, 5.41) is 32.9. The lowest BCUT2D eigenvalue weighted by Gasteiger charge is -2.14. The van der Waals surface area contributed by atoms with E-state index in [2.05, 4.69) is 84.3 Å². The van der Waals surface area contributed by atoms with Crippen LogP contribution in [0.25, 0.3) is 21.8 Å². The third-order valence-electron chi connectivity index (χ3n) is 9.21. The maximum Gasteiger partial charge on any atom is 0.0969 e. The fraction of sp³-hybridized carbons (Fsp3) is 0.190. The Balaban J connectivity index is 0.000000188. The SMILES string of the molecule is Cc1ccccc1Cc1c[nH]c2ccc(CO)cc12.Cc1ccccc1Cc1cn(CC(O)c2ccc(Cl)c(Cl)c2)c2ccc(CO)cc12. The highest BCUT2D eigenvalue weighted by Crippen LogP contribution is 2.30. The molecule has 0 radical (unpaired) electrons. The fourth-order valence-electron chi connectivity index (χ4n) is 6.32. The van der Waals surface area contributed by atoms with Crippen molar-refractivity contribution < 1.29 is 15.3 Å². The Morgan fingerprint density at radius 3 is 1.90 bits per heavy atom. The van der Waals surface area contributed by atoms with E-state index < -0.39 is 6.10 Å². The molecule has 0 aliphatic heterocycles. The summed E-state index contributed by atoms with van der Waals surface area (Å²) in [4.78, 5) is 3.30. The topological polar surface area (TPSA) is 81.4 Å². The first kappa shape index (κ1) is 34.5. The van der Waals surface area contributed by atoms with Crippen LogP contribution in [-0.2, 0) is 32.6 Å². The van der Waals surface area contributed by atoms with Crippen LogP contribution in [0.4, 0.5) is 0 Å². The van der Waals surface area contributed by atoms with Crippen molar-refractivity contribution >= 4 is 45.0 Å². The number of H-pyrrole nitrogens is 1. The van der Waals surface area contributed by atoms with Gasteiger partial charge in [0.1, 0.15) is 0 Å². The molecule has 7 heteroatoms. The van der Waals surface area contributed by atoms with Gasteiger partial charge in [0, 0.05) is 34.2 Å². The first-order chi connectivity index (χ1) is 23.7. The van der Waals surface area contributed by atoms with Crippen molar-refractivity contribution in [3.05, 3.63) is 176 Å². The third-order valence-corrected chi connectivity index (χ3v) is 9.95. The van der Waals surface area contributed by atoms with E-state index in [0.717, 1.165) is 51.5 Å². The highest BCUT2D eigenvalue weighted by atomic mass is 35.5. The summed E-state index contributed by atoms with van der Waals surface area (Å²) >= 11 is 12.1. The van der Waals surface area contributed by atoms with Crippen LogP contribution in [0, 0.1) is 13.8 Å². The zero-order chi connectivity index (χ0) is 34.5. The van der Waals surface area contributed by atoms with Crippen LogP contribution in [0.5, 0.6) is 0 Å². The van der Waals surface area contributed by atoms with Gasteiger partial charge < -0.3 is 24.9 Å². The van der Waals surface area contributed by atoms with Crippen LogP contribution in [0.1, 0.15) is 56.2 Å². The number of aromatic amines is 1. The summed E-state index contributed by atoms with van der Waals surface area (Å²) in [6.45, 7) is 4.73. The van der Waals surface area contributed by atoms with Gasteiger partial charge in [-0.15, -0.1) is 0 Å². The van der Waals surface area contributed by atoms with E-state index in [9.17, 15) is 15.3 Å². The highest BCUT2D eigenvalue weighted by molar-refractivity contribution is 6.42. The van der Waals surface area contributed by atoms with Crippen LogP contribution in [0.3, 0.4) is 0 Å². The number of aryl methyl sites for hydroxylation is 2. The number of halogens is 2. The molecule has 5 nitrogen and oxygen atoms in total. The maximum absolute atomic E-state index is 10.8. The van der Waals surface area contributed by atoms with Gasteiger partial charge in [-0.25, -0.2) is 0 Å². The minimum Gasteiger partial charge on any atom is -0.392 e. The number of aliphatic hydroxyl groups excluding tert-OH is 3. The zero-order valence-electron chi connectivity index (χ0n) is 27.6. The largest absolute Gasteiger partial charge is 0.392 e. The number of nitrogens with one attached hydrogen (secondary N) is 1. The van der Waals surface area contributed by atoms with Gasteiger partial charge in [-0.3, -0.25) is 0 Å². The van der Waals surface area contributed by atoms with Crippen molar-refractivity contribution in [2.75, 3.05) is 0 Å². The minimum absolute atomic E-state index is 0.00315. The van der Waals surface area contributed by atoms with Crippen LogP contribution in [0.2, 0.25) is 10.0 Å². The van der Waals surface area contributed by atoms with Crippen molar-refractivity contribution in [2.24, 2.45) is 0 Å². The quantitative estimate of drug-likeness (QED) is 0.122. The number of hydrogen-bond donors (Lipinski definition) is 4. The van der Waals surface area contributed by atoms with Crippen LogP contribution < -0.4 is 0 Å². The second-order valence-electron chi connectivity index (χ2n) is 12.6. The number of hydrogen-bond acceptors (Lipinski definition) is 3. The van der Waals surface area contributed by atoms with Gasteiger partial charge in [-0.1, -0.05) is 89.9 Å². The molecule has 250 valence electrons. The van der Waals surface area contributed by atoms with Gasteiger partial charge in [0.05, 0.1) is 35.9 Å². The molecule has 0 aliphatic carbocycles. The number of aliphatic hydroxyl groups is 3. The van der Waals surface area contributed by atoms with Crippen molar-refractivity contribution in [1.29, 1.82) is 0 Å². The van der Waals surface area contributed by atoms with Crippen molar-refractivity contribution in [3.63, 3.8) is 0 Å². The summed E-state index contributed by atoms with van der Waals surface area (Å²) in [5.74, 6) is 0. The Morgan fingerprint density at radius 2 is 1.27 bits per heavy atom. The molecule has 7 aromatic rings. The lowest BCUT2D eigenvalue weighted by Crippen LogP contribution is -2.08. The fourth-order valence-corrected chi connectivity index (χ4v) is 6.62. The molecule has 1 atom stereocenters. The Morgan fingerprint density at radius 1 is 0.653 bits per heavy atom. The van der Waals surface area contributed by atoms with E-state index in [1.54, 1.807) is 18.2 Å². The summed E-state index contributed by atoms with van der Waals surface area (Å²) in [6, 6.07) is 34.0. The summed E-state index contributed by atoms with van der Waals surface area (Å²) in [5.41, 5.74) is 12.3. The van der Waals surface area contributed by atoms with Crippen molar-refractivity contribution in [2.45, 2.75) is 52.6 Å². The van der Waals surface area contributed by atoms with Crippen molar-refractivity contribution in [3.8, 4) is 0 Å². The van der Waals surface area contributed by atoms with E-state index >= 15 is 0 Å². The lowest BCUT2D eigenvalue weighted by molar-refractivity contribution is 0.158. The van der Waals surface area contributed by atoms with Crippen LogP contribution in [0.15, 0.2) is 116 Å². The molecule has 2 heterocycles.